The second kappa shape index (κ2) is 3.82. The smallest absolute Gasteiger partial charge is 0.0527 e. The van der Waals surface area contributed by atoms with Crippen molar-refractivity contribution in [3.8, 4) is 0 Å². The summed E-state index contributed by atoms with van der Waals surface area (Å²) >= 11 is 12.1. The Bertz CT molecular complexity index is 103. The number of halogens is 2. The molecule has 10 heavy (non-hydrogen) atoms. The lowest BCUT2D eigenvalue weighted by atomic mass is 9.87. The molecule has 0 aromatic rings. The molecule has 0 aromatic heterocycles. The van der Waals surface area contributed by atoms with Crippen LogP contribution < -0.4 is 0 Å². The summed E-state index contributed by atoms with van der Waals surface area (Å²) in [5, 5.41) is 0.445. The van der Waals surface area contributed by atoms with Crippen molar-refractivity contribution in [3.05, 3.63) is 0 Å². The molecule has 3 atom stereocenters. The normalized spacial score (nSPS) is 41.7. The molecule has 1 aliphatic rings. The van der Waals surface area contributed by atoms with Gasteiger partial charge in [0.25, 0.3) is 0 Å². The van der Waals surface area contributed by atoms with Crippen LogP contribution in [-0.4, -0.2) is 10.8 Å². The maximum atomic E-state index is 6.10. The summed E-state index contributed by atoms with van der Waals surface area (Å²) in [7, 11) is 0. The summed E-state index contributed by atoms with van der Waals surface area (Å²) in [6.07, 6.45) is 4.81. The first kappa shape index (κ1) is 8.67. The van der Waals surface area contributed by atoms with Gasteiger partial charge in [-0.1, -0.05) is 19.8 Å². The van der Waals surface area contributed by atoms with Crippen LogP contribution in [0.15, 0.2) is 0 Å². The van der Waals surface area contributed by atoms with Gasteiger partial charge in [0, 0.05) is 0 Å². The summed E-state index contributed by atoms with van der Waals surface area (Å²) in [6.45, 7) is 2.19. The van der Waals surface area contributed by atoms with E-state index >= 15 is 0 Å². The third-order valence-corrected chi connectivity index (χ3v) is 3.65. The van der Waals surface area contributed by atoms with E-state index in [2.05, 4.69) is 6.92 Å². The van der Waals surface area contributed by atoms with Gasteiger partial charge in [-0.05, 0) is 18.8 Å². The number of hydrogen-bond donors (Lipinski definition) is 0. The van der Waals surface area contributed by atoms with Gasteiger partial charge in [0.15, 0.2) is 0 Å². The third kappa shape index (κ3) is 1.79. The van der Waals surface area contributed by atoms with Gasteiger partial charge in [-0.3, -0.25) is 0 Å². The average Bonchev–Trinajstić information content (AvgIpc) is 1.95. The average molecular weight is 181 g/mol. The van der Waals surface area contributed by atoms with E-state index in [0.717, 1.165) is 6.42 Å². The highest BCUT2D eigenvalue weighted by atomic mass is 35.5. The molecule has 0 spiro atoms. The lowest BCUT2D eigenvalue weighted by molar-refractivity contribution is 0.361. The largest absolute Gasteiger partial charge is 0.121 e. The van der Waals surface area contributed by atoms with Crippen molar-refractivity contribution in [1.29, 1.82) is 0 Å². The fourth-order valence-electron chi connectivity index (χ4n) is 1.62. The summed E-state index contributed by atoms with van der Waals surface area (Å²) in [5.74, 6) is 0.665. The summed E-state index contributed by atoms with van der Waals surface area (Å²) < 4.78 is 0. The summed E-state index contributed by atoms with van der Waals surface area (Å²) in [5.41, 5.74) is 0. The van der Waals surface area contributed by atoms with E-state index in [1.165, 1.54) is 19.3 Å². The van der Waals surface area contributed by atoms with Crippen LogP contribution in [-0.2, 0) is 0 Å². The number of hydrogen-bond acceptors (Lipinski definition) is 0. The second-order valence-electron chi connectivity index (χ2n) is 3.06. The Morgan fingerprint density at radius 1 is 1.30 bits per heavy atom. The van der Waals surface area contributed by atoms with Gasteiger partial charge in [0.2, 0.25) is 0 Å². The highest BCUT2D eigenvalue weighted by Gasteiger charge is 2.28. The van der Waals surface area contributed by atoms with Gasteiger partial charge in [-0.25, -0.2) is 0 Å². The van der Waals surface area contributed by atoms with Crippen LogP contribution in [0, 0.1) is 5.92 Å². The van der Waals surface area contributed by atoms with Gasteiger partial charge in [0.05, 0.1) is 10.8 Å². The minimum atomic E-state index is 0.223. The molecule has 0 aliphatic heterocycles. The standard InChI is InChI=1S/C8H14Cl2/c1-2-6-4-3-5-7(9)8(6)10/h6-8H,2-5H2,1H3. The molecule has 0 aromatic carbocycles. The number of alkyl halides is 2. The Balaban J connectivity index is 2.42. The summed E-state index contributed by atoms with van der Waals surface area (Å²) in [4.78, 5) is 0. The first-order valence-electron chi connectivity index (χ1n) is 4.03. The number of rotatable bonds is 1. The van der Waals surface area contributed by atoms with Crippen molar-refractivity contribution in [1.82, 2.24) is 0 Å². The fraction of sp³-hybridized carbons (Fsp3) is 1.00. The molecule has 1 rings (SSSR count). The van der Waals surface area contributed by atoms with Crippen molar-refractivity contribution < 1.29 is 0 Å². The molecule has 1 saturated carbocycles. The molecule has 0 bridgehead atoms. The van der Waals surface area contributed by atoms with E-state index in [1.54, 1.807) is 0 Å². The zero-order chi connectivity index (χ0) is 7.56. The molecule has 0 N–H and O–H groups in total. The van der Waals surface area contributed by atoms with Crippen LogP contribution in [0.1, 0.15) is 32.6 Å². The van der Waals surface area contributed by atoms with Crippen molar-refractivity contribution >= 4 is 23.2 Å². The van der Waals surface area contributed by atoms with Crippen LogP contribution in [0.25, 0.3) is 0 Å². The van der Waals surface area contributed by atoms with Crippen LogP contribution in [0.4, 0.5) is 0 Å². The lowest BCUT2D eigenvalue weighted by Crippen LogP contribution is -2.29. The molecule has 1 fully saturated rings. The van der Waals surface area contributed by atoms with E-state index in [-0.39, 0.29) is 10.8 Å². The van der Waals surface area contributed by atoms with Gasteiger partial charge in [-0.15, -0.1) is 23.2 Å². The molecule has 0 saturated heterocycles. The van der Waals surface area contributed by atoms with Crippen LogP contribution >= 0.6 is 23.2 Å². The van der Waals surface area contributed by atoms with E-state index in [4.69, 9.17) is 23.2 Å². The van der Waals surface area contributed by atoms with Crippen molar-refractivity contribution in [3.63, 3.8) is 0 Å². The molecule has 1 aliphatic carbocycles. The van der Waals surface area contributed by atoms with Crippen LogP contribution in [0.5, 0.6) is 0 Å². The maximum absolute atomic E-state index is 6.10. The van der Waals surface area contributed by atoms with E-state index in [9.17, 15) is 0 Å². The first-order chi connectivity index (χ1) is 4.75. The van der Waals surface area contributed by atoms with Crippen molar-refractivity contribution in [2.75, 3.05) is 0 Å². The Morgan fingerprint density at radius 3 is 2.50 bits per heavy atom. The second-order valence-corrected chi connectivity index (χ2v) is 4.12. The fourth-order valence-corrected chi connectivity index (χ4v) is 2.41. The minimum absolute atomic E-state index is 0.223. The minimum Gasteiger partial charge on any atom is -0.121 e. The van der Waals surface area contributed by atoms with E-state index in [0.29, 0.717) is 5.92 Å². The van der Waals surface area contributed by atoms with Gasteiger partial charge < -0.3 is 0 Å². The molecular formula is C8H14Cl2. The predicted molar refractivity (Wildman–Crippen MR) is 46.9 cm³/mol. The Labute approximate surface area is 72.9 Å². The van der Waals surface area contributed by atoms with Crippen molar-refractivity contribution in [2.45, 2.75) is 43.4 Å². The topological polar surface area (TPSA) is 0 Å². The predicted octanol–water partition coefficient (Wildman–Crippen LogP) is 3.41. The molecule has 3 unspecified atom stereocenters. The SMILES string of the molecule is CCC1CCCC(Cl)C1Cl. The molecule has 2 heteroatoms. The molecule has 60 valence electrons. The molecule has 0 radical (unpaired) electrons. The van der Waals surface area contributed by atoms with Crippen LogP contribution in [0.2, 0.25) is 0 Å². The van der Waals surface area contributed by atoms with E-state index < -0.39 is 0 Å². The zero-order valence-corrected chi connectivity index (χ0v) is 7.83. The Hall–Kier alpha value is 0.580. The maximum Gasteiger partial charge on any atom is 0.0527 e. The highest BCUT2D eigenvalue weighted by Crippen LogP contribution is 2.33. The van der Waals surface area contributed by atoms with Gasteiger partial charge in [-0.2, -0.15) is 0 Å². The quantitative estimate of drug-likeness (QED) is 0.543. The van der Waals surface area contributed by atoms with Crippen molar-refractivity contribution in [2.24, 2.45) is 5.92 Å². The molecule has 0 amide bonds. The third-order valence-electron chi connectivity index (χ3n) is 2.38. The summed E-state index contributed by atoms with van der Waals surface area (Å²) in [6, 6.07) is 0. The van der Waals surface area contributed by atoms with Gasteiger partial charge >= 0.3 is 0 Å². The monoisotopic (exact) mass is 180 g/mol. The first-order valence-corrected chi connectivity index (χ1v) is 4.91. The van der Waals surface area contributed by atoms with Crippen LogP contribution in [0.3, 0.4) is 0 Å². The van der Waals surface area contributed by atoms with Gasteiger partial charge in [0.1, 0.15) is 0 Å². The Morgan fingerprint density at radius 2 is 2.00 bits per heavy atom. The molecule has 0 nitrogen and oxygen atoms in total. The lowest BCUT2D eigenvalue weighted by Gasteiger charge is -2.29. The molecular weight excluding hydrogens is 167 g/mol. The zero-order valence-electron chi connectivity index (χ0n) is 6.32. The van der Waals surface area contributed by atoms with E-state index in [1.807, 2.05) is 0 Å². The molecule has 0 heterocycles. The Kier molecular flexibility index (Phi) is 3.32. The highest BCUT2D eigenvalue weighted by molar-refractivity contribution is 6.30.